The first-order valence-electron chi connectivity index (χ1n) is 5.70. The van der Waals surface area contributed by atoms with Crippen LogP contribution < -0.4 is 5.32 Å². The van der Waals surface area contributed by atoms with Crippen molar-refractivity contribution in [2.24, 2.45) is 0 Å². The van der Waals surface area contributed by atoms with Crippen LogP contribution in [0, 0.1) is 0 Å². The Bertz CT molecular complexity index is 641. The number of ether oxygens (including phenoxy) is 1. The normalized spacial score (nSPS) is 9.90. The Morgan fingerprint density at radius 1 is 1.15 bits per heavy atom. The highest BCUT2D eigenvalue weighted by atomic mass is 79.9. The quantitative estimate of drug-likeness (QED) is 0.876. The maximum absolute atomic E-state index is 12.0. The molecule has 1 amide bonds. The summed E-state index contributed by atoms with van der Waals surface area (Å²) in [4.78, 5) is 27.2. The number of hydrogen-bond acceptors (Lipinski definition) is 4. The van der Waals surface area contributed by atoms with E-state index in [1.165, 1.54) is 13.3 Å². The SMILES string of the molecule is COC(=O)c1ccc(NC(=O)c2cncc(Br)c2)cc1. The number of aromatic nitrogens is 1. The number of nitrogens with one attached hydrogen (secondary N) is 1. The van der Waals surface area contributed by atoms with E-state index in [0.717, 1.165) is 4.47 Å². The van der Waals surface area contributed by atoms with Crippen LogP contribution >= 0.6 is 15.9 Å². The predicted octanol–water partition coefficient (Wildman–Crippen LogP) is 2.88. The second-order valence-electron chi connectivity index (χ2n) is 3.91. The van der Waals surface area contributed by atoms with Gasteiger partial charge in [-0.1, -0.05) is 0 Å². The van der Waals surface area contributed by atoms with Gasteiger partial charge in [-0.25, -0.2) is 4.79 Å². The van der Waals surface area contributed by atoms with E-state index in [4.69, 9.17) is 0 Å². The lowest BCUT2D eigenvalue weighted by Gasteiger charge is -2.06. The maximum atomic E-state index is 12.0. The summed E-state index contributed by atoms with van der Waals surface area (Å²) >= 11 is 3.26. The van der Waals surface area contributed by atoms with Crippen molar-refractivity contribution < 1.29 is 14.3 Å². The van der Waals surface area contributed by atoms with Gasteiger partial charge in [0, 0.05) is 22.6 Å². The summed E-state index contributed by atoms with van der Waals surface area (Å²) in [5.41, 5.74) is 1.45. The molecule has 0 aliphatic carbocycles. The van der Waals surface area contributed by atoms with Gasteiger partial charge in [-0.3, -0.25) is 9.78 Å². The second kappa shape index (κ2) is 6.29. The highest BCUT2D eigenvalue weighted by molar-refractivity contribution is 9.10. The molecule has 0 radical (unpaired) electrons. The topological polar surface area (TPSA) is 68.3 Å². The van der Waals surface area contributed by atoms with E-state index in [0.29, 0.717) is 16.8 Å². The molecule has 0 atom stereocenters. The fourth-order valence-electron chi connectivity index (χ4n) is 1.55. The van der Waals surface area contributed by atoms with Gasteiger partial charge in [0.15, 0.2) is 0 Å². The van der Waals surface area contributed by atoms with Gasteiger partial charge in [0.2, 0.25) is 0 Å². The van der Waals surface area contributed by atoms with Gasteiger partial charge >= 0.3 is 5.97 Å². The molecule has 1 aromatic carbocycles. The largest absolute Gasteiger partial charge is 0.465 e. The molecule has 1 N–H and O–H groups in total. The summed E-state index contributed by atoms with van der Waals surface area (Å²) < 4.78 is 5.33. The molecule has 0 saturated heterocycles. The molecule has 0 fully saturated rings. The zero-order valence-electron chi connectivity index (χ0n) is 10.6. The number of hydrogen-bond donors (Lipinski definition) is 1. The molecular weight excluding hydrogens is 324 g/mol. The number of esters is 1. The number of rotatable bonds is 3. The molecule has 0 unspecified atom stereocenters. The van der Waals surface area contributed by atoms with Crippen molar-refractivity contribution in [3.63, 3.8) is 0 Å². The van der Waals surface area contributed by atoms with Crippen molar-refractivity contribution >= 4 is 33.5 Å². The lowest BCUT2D eigenvalue weighted by atomic mass is 10.2. The van der Waals surface area contributed by atoms with E-state index in [-0.39, 0.29) is 5.91 Å². The fourth-order valence-corrected chi connectivity index (χ4v) is 1.91. The molecule has 6 heteroatoms. The summed E-state index contributed by atoms with van der Waals surface area (Å²) in [6, 6.07) is 8.11. The van der Waals surface area contributed by atoms with Crippen LogP contribution in [-0.4, -0.2) is 24.0 Å². The minimum absolute atomic E-state index is 0.274. The molecule has 1 aromatic heterocycles. The number of amides is 1. The standard InChI is InChI=1S/C14H11BrN2O3/c1-20-14(19)9-2-4-12(5-3-9)17-13(18)10-6-11(15)8-16-7-10/h2-8H,1H3,(H,17,18). The zero-order valence-corrected chi connectivity index (χ0v) is 12.2. The molecule has 0 spiro atoms. The van der Waals surface area contributed by atoms with Gasteiger partial charge in [0.1, 0.15) is 0 Å². The predicted molar refractivity (Wildman–Crippen MR) is 77.7 cm³/mol. The van der Waals surface area contributed by atoms with Crippen LogP contribution in [0.25, 0.3) is 0 Å². The lowest BCUT2D eigenvalue weighted by molar-refractivity contribution is 0.0600. The van der Waals surface area contributed by atoms with Crippen molar-refractivity contribution in [2.45, 2.75) is 0 Å². The molecule has 5 nitrogen and oxygen atoms in total. The van der Waals surface area contributed by atoms with Gasteiger partial charge in [-0.15, -0.1) is 0 Å². The molecule has 0 aliphatic rings. The van der Waals surface area contributed by atoms with Crippen molar-refractivity contribution in [3.05, 3.63) is 58.3 Å². The van der Waals surface area contributed by atoms with E-state index in [9.17, 15) is 9.59 Å². The van der Waals surface area contributed by atoms with Crippen molar-refractivity contribution in [1.29, 1.82) is 0 Å². The third-order valence-electron chi connectivity index (χ3n) is 2.53. The monoisotopic (exact) mass is 334 g/mol. The first kappa shape index (κ1) is 14.2. The van der Waals surface area contributed by atoms with E-state index < -0.39 is 5.97 Å². The Morgan fingerprint density at radius 3 is 2.45 bits per heavy atom. The van der Waals surface area contributed by atoms with E-state index in [1.54, 1.807) is 36.5 Å². The third-order valence-corrected chi connectivity index (χ3v) is 2.96. The number of nitrogens with zero attached hydrogens (tertiary/aromatic N) is 1. The Kier molecular flexibility index (Phi) is 4.47. The molecule has 20 heavy (non-hydrogen) atoms. The number of anilines is 1. The van der Waals surface area contributed by atoms with Crippen LogP contribution in [0.3, 0.4) is 0 Å². The molecule has 2 rings (SSSR count). The van der Waals surface area contributed by atoms with Crippen molar-refractivity contribution in [1.82, 2.24) is 4.98 Å². The Labute approximate surface area is 124 Å². The molecule has 2 aromatic rings. The van der Waals surface area contributed by atoms with Crippen LogP contribution in [0.2, 0.25) is 0 Å². The van der Waals surface area contributed by atoms with E-state index >= 15 is 0 Å². The van der Waals surface area contributed by atoms with Gasteiger partial charge in [0.25, 0.3) is 5.91 Å². The summed E-state index contributed by atoms with van der Waals surface area (Å²) in [5.74, 6) is -0.691. The molecule has 0 bridgehead atoms. The van der Waals surface area contributed by atoms with Crippen molar-refractivity contribution in [2.75, 3.05) is 12.4 Å². The van der Waals surface area contributed by atoms with E-state index in [1.807, 2.05) is 0 Å². The Balaban J connectivity index is 2.10. The Morgan fingerprint density at radius 2 is 1.85 bits per heavy atom. The van der Waals surface area contributed by atoms with Gasteiger partial charge in [-0.2, -0.15) is 0 Å². The number of carbonyl (C=O) groups is 2. The first-order valence-corrected chi connectivity index (χ1v) is 6.50. The fraction of sp³-hybridized carbons (Fsp3) is 0.0714. The summed E-state index contributed by atoms with van der Waals surface area (Å²) in [6.45, 7) is 0. The van der Waals surface area contributed by atoms with Gasteiger partial charge in [-0.05, 0) is 46.3 Å². The summed E-state index contributed by atoms with van der Waals surface area (Å²) in [6.07, 6.45) is 3.07. The van der Waals surface area contributed by atoms with Crippen LogP contribution in [0.1, 0.15) is 20.7 Å². The van der Waals surface area contributed by atoms with Crippen LogP contribution in [0.5, 0.6) is 0 Å². The average molecular weight is 335 g/mol. The molecule has 0 saturated carbocycles. The van der Waals surface area contributed by atoms with Crippen molar-refractivity contribution in [3.8, 4) is 0 Å². The maximum Gasteiger partial charge on any atom is 0.337 e. The molecular formula is C14H11BrN2O3. The zero-order chi connectivity index (χ0) is 14.5. The number of pyridine rings is 1. The highest BCUT2D eigenvalue weighted by Gasteiger charge is 2.08. The van der Waals surface area contributed by atoms with E-state index in [2.05, 4.69) is 31.0 Å². The molecule has 102 valence electrons. The summed E-state index contributed by atoms with van der Waals surface area (Å²) in [7, 11) is 1.32. The minimum Gasteiger partial charge on any atom is -0.465 e. The smallest absolute Gasteiger partial charge is 0.337 e. The highest BCUT2D eigenvalue weighted by Crippen LogP contribution is 2.14. The third kappa shape index (κ3) is 3.42. The number of halogens is 1. The number of carbonyl (C=O) groups excluding carboxylic acids is 2. The Hall–Kier alpha value is -2.21. The average Bonchev–Trinajstić information content (AvgIpc) is 2.47. The summed E-state index contributed by atoms with van der Waals surface area (Å²) in [5, 5.41) is 2.72. The van der Waals surface area contributed by atoms with Crippen LogP contribution in [-0.2, 0) is 4.74 Å². The lowest BCUT2D eigenvalue weighted by Crippen LogP contribution is -2.12. The second-order valence-corrected chi connectivity index (χ2v) is 4.83. The van der Waals surface area contributed by atoms with Gasteiger partial charge < -0.3 is 10.1 Å². The van der Waals surface area contributed by atoms with Gasteiger partial charge in [0.05, 0.1) is 18.2 Å². The minimum atomic E-state index is -0.418. The molecule has 0 aliphatic heterocycles. The number of benzene rings is 1. The first-order chi connectivity index (χ1) is 9.60. The molecule has 1 heterocycles. The number of methoxy groups -OCH3 is 1. The van der Waals surface area contributed by atoms with Crippen LogP contribution in [0.4, 0.5) is 5.69 Å². The van der Waals surface area contributed by atoms with Crippen LogP contribution in [0.15, 0.2) is 47.2 Å².